The number of benzene rings is 1. The number of amides is 2. The molecule has 0 bridgehead atoms. The molecule has 0 spiro atoms. The van der Waals surface area contributed by atoms with Crippen LogP contribution in [0.15, 0.2) is 34.7 Å². The van der Waals surface area contributed by atoms with E-state index in [0.29, 0.717) is 23.0 Å². The molecule has 2 aromatic rings. The monoisotopic (exact) mass is 299 g/mol. The molecule has 1 aliphatic heterocycles. The van der Waals surface area contributed by atoms with Crippen molar-refractivity contribution in [1.29, 1.82) is 0 Å². The van der Waals surface area contributed by atoms with Gasteiger partial charge in [0, 0.05) is 6.42 Å². The molecular weight excluding hydrogens is 286 g/mol. The van der Waals surface area contributed by atoms with Crippen LogP contribution in [0.3, 0.4) is 0 Å². The molecule has 0 unspecified atom stereocenters. The van der Waals surface area contributed by atoms with Crippen molar-refractivity contribution < 1.29 is 23.6 Å². The Morgan fingerprint density at radius 2 is 1.77 bits per heavy atom. The summed E-state index contributed by atoms with van der Waals surface area (Å²) in [7, 11) is 0. The Balaban J connectivity index is 1.87. The Morgan fingerprint density at radius 1 is 1.18 bits per heavy atom. The summed E-state index contributed by atoms with van der Waals surface area (Å²) >= 11 is 0. The van der Waals surface area contributed by atoms with Crippen LogP contribution >= 0.6 is 0 Å². The second-order valence-electron chi connectivity index (χ2n) is 4.88. The van der Waals surface area contributed by atoms with Crippen molar-refractivity contribution in [2.45, 2.75) is 20.3 Å². The van der Waals surface area contributed by atoms with Gasteiger partial charge in [0.2, 0.25) is 0 Å². The first kappa shape index (κ1) is 14.1. The summed E-state index contributed by atoms with van der Waals surface area (Å²) in [6, 6.07) is 7.85. The highest BCUT2D eigenvalue weighted by Gasteiger charge is 2.39. The summed E-state index contributed by atoms with van der Waals surface area (Å²) in [4.78, 5) is 41.5. The Kier molecular flexibility index (Phi) is 3.29. The molecule has 0 saturated heterocycles. The largest absolute Gasteiger partial charge is 0.465 e. The molecule has 0 radical (unpaired) electrons. The Bertz CT molecular complexity index is 755. The fourth-order valence-corrected chi connectivity index (χ4v) is 2.38. The quantitative estimate of drug-likeness (QED) is 0.814. The molecule has 22 heavy (non-hydrogen) atoms. The topological polar surface area (TPSA) is 76.8 Å². The van der Waals surface area contributed by atoms with Crippen LogP contribution in [0.25, 0.3) is 0 Å². The van der Waals surface area contributed by atoms with E-state index in [4.69, 9.17) is 9.25 Å². The number of rotatable bonds is 3. The number of hydrogen-bond acceptors (Lipinski definition) is 5. The molecular formula is C16H13NO5. The van der Waals surface area contributed by atoms with Crippen molar-refractivity contribution >= 4 is 17.8 Å². The molecule has 3 rings (SSSR count). The van der Waals surface area contributed by atoms with E-state index in [-0.39, 0.29) is 16.7 Å². The maximum atomic E-state index is 12.2. The molecule has 0 saturated carbocycles. The second-order valence-corrected chi connectivity index (χ2v) is 4.88. The van der Waals surface area contributed by atoms with Gasteiger partial charge in [-0.2, -0.15) is 0 Å². The molecule has 2 heterocycles. The van der Waals surface area contributed by atoms with Gasteiger partial charge in [0.25, 0.3) is 11.8 Å². The molecule has 2 amide bonds. The van der Waals surface area contributed by atoms with Crippen molar-refractivity contribution in [3.8, 4) is 0 Å². The average Bonchev–Trinajstić information content (AvgIpc) is 3.01. The zero-order valence-corrected chi connectivity index (χ0v) is 12.1. The van der Waals surface area contributed by atoms with Crippen LogP contribution in [-0.2, 0) is 11.3 Å². The van der Waals surface area contributed by atoms with Gasteiger partial charge in [0.05, 0.1) is 11.1 Å². The molecule has 0 fully saturated rings. The van der Waals surface area contributed by atoms with E-state index < -0.39 is 17.8 Å². The Morgan fingerprint density at radius 3 is 2.32 bits per heavy atom. The number of hydrogen-bond donors (Lipinski definition) is 0. The number of carbonyl (C=O) groups is 3. The van der Waals surface area contributed by atoms with Crippen LogP contribution in [0, 0.1) is 6.92 Å². The minimum Gasteiger partial charge on any atom is -0.465 e. The molecule has 6 heteroatoms. The predicted molar refractivity (Wildman–Crippen MR) is 75.2 cm³/mol. The molecule has 6 nitrogen and oxygen atoms in total. The van der Waals surface area contributed by atoms with Crippen molar-refractivity contribution in [3.05, 3.63) is 58.5 Å². The second kappa shape index (κ2) is 5.14. The number of nitrogens with zero attached hydrogens (tertiary/aromatic N) is 1. The van der Waals surface area contributed by atoms with Gasteiger partial charge in [0.1, 0.15) is 17.1 Å². The molecule has 1 aromatic heterocycles. The SMILES string of the molecule is CCc1oc(C)cc1C(=O)ON1C(=O)c2ccccc2C1=O. The van der Waals surface area contributed by atoms with E-state index in [9.17, 15) is 14.4 Å². The highest BCUT2D eigenvalue weighted by atomic mass is 16.7. The summed E-state index contributed by atoms with van der Waals surface area (Å²) < 4.78 is 5.38. The highest BCUT2D eigenvalue weighted by Crippen LogP contribution is 2.24. The predicted octanol–water partition coefficient (Wildman–Crippen LogP) is 2.52. The van der Waals surface area contributed by atoms with E-state index in [0.717, 1.165) is 0 Å². The molecule has 1 aliphatic rings. The smallest absolute Gasteiger partial charge is 0.367 e. The zero-order chi connectivity index (χ0) is 15.9. The summed E-state index contributed by atoms with van der Waals surface area (Å²) in [5.74, 6) is -1.06. The molecule has 0 N–H and O–H groups in total. The first-order valence-corrected chi connectivity index (χ1v) is 6.82. The van der Waals surface area contributed by atoms with Crippen molar-refractivity contribution in [3.63, 3.8) is 0 Å². The van der Waals surface area contributed by atoms with Gasteiger partial charge in [-0.1, -0.05) is 24.1 Å². The number of carbonyl (C=O) groups excluding carboxylic acids is 3. The lowest BCUT2D eigenvalue weighted by atomic mass is 10.1. The maximum Gasteiger partial charge on any atom is 0.367 e. The fraction of sp³-hybridized carbons (Fsp3) is 0.188. The maximum absolute atomic E-state index is 12.2. The van der Waals surface area contributed by atoms with Crippen LogP contribution < -0.4 is 0 Å². The van der Waals surface area contributed by atoms with E-state index in [1.54, 1.807) is 19.1 Å². The molecule has 112 valence electrons. The van der Waals surface area contributed by atoms with E-state index in [1.807, 2.05) is 6.92 Å². The lowest BCUT2D eigenvalue weighted by molar-refractivity contribution is -0.0585. The van der Waals surface area contributed by atoms with Gasteiger partial charge >= 0.3 is 5.97 Å². The number of fused-ring (bicyclic) bond motifs is 1. The van der Waals surface area contributed by atoms with Gasteiger partial charge < -0.3 is 9.25 Å². The number of imide groups is 1. The van der Waals surface area contributed by atoms with Crippen LogP contribution in [-0.4, -0.2) is 22.8 Å². The van der Waals surface area contributed by atoms with Gasteiger partial charge in [-0.25, -0.2) is 4.79 Å². The Labute approximate surface area is 126 Å². The van der Waals surface area contributed by atoms with Crippen molar-refractivity contribution in [2.75, 3.05) is 0 Å². The third-order valence-electron chi connectivity index (χ3n) is 3.40. The first-order valence-electron chi connectivity index (χ1n) is 6.82. The van der Waals surface area contributed by atoms with Crippen LogP contribution in [0.2, 0.25) is 0 Å². The van der Waals surface area contributed by atoms with E-state index in [2.05, 4.69) is 0 Å². The van der Waals surface area contributed by atoms with Gasteiger partial charge in [-0.3, -0.25) is 9.59 Å². The minimum absolute atomic E-state index is 0.219. The summed E-state index contributed by atoms with van der Waals surface area (Å²) in [6.07, 6.45) is 0.500. The lowest BCUT2D eigenvalue weighted by Gasteiger charge is -2.12. The van der Waals surface area contributed by atoms with Gasteiger partial charge in [-0.15, -0.1) is 0 Å². The zero-order valence-electron chi connectivity index (χ0n) is 12.1. The lowest BCUT2D eigenvalue weighted by Crippen LogP contribution is -2.32. The summed E-state index contributed by atoms with van der Waals surface area (Å²) in [5.41, 5.74) is 0.662. The van der Waals surface area contributed by atoms with Gasteiger partial charge in [-0.05, 0) is 25.1 Å². The first-order chi connectivity index (χ1) is 10.5. The highest BCUT2D eigenvalue weighted by molar-refractivity contribution is 6.21. The van der Waals surface area contributed by atoms with Crippen LogP contribution in [0.5, 0.6) is 0 Å². The fourth-order valence-electron chi connectivity index (χ4n) is 2.38. The normalized spacial score (nSPS) is 13.5. The third-order valence-corrected chi connectivity index (χ3v) is 3.40. The molecule has 0 atom stereocenters. The van der Waals surface area contributed by atoms with Crippen molar-refractivity contribution in [1.82, 2.24) is 5.06 Å². The summed E-state index contributed by atoms with van der Waals surface area (Å²) in [6.45, 7) is 3.54. The van der Waals surface area contributed by atoms with E-state index in [1.165, 1.54) is 18.2 Å². The number of furan rings is 1. The third kappa shape index (κ3) is 2.09. The number of aryl methyl sites for hydroxylation is 2. The minimum atomic E-state index is -0.789. The van der Waals surface area contributed by atoms with E-state index >= 15 is 0 Å². The van der Waals surface area contributed by atoms with Gasteiger partial charge in [0.15, 0.2) is 0 Å². The Hall–Kier alpha value is -2.89. The van der Waals surface area contributed by atoms with Crippen LogP contribution in [0.1, 0.15) is 49.5 Å². The van der Waals surface area contributed by atoms with Crippen LogP contribution in [0.4, 0.5) is 0 Å². The average molecular weight is 299 g/mol. The standard InChI is InChI=1S/C16H13NO5/c1-3-13-12(8-9(2)21-13)16(20)22-17-14(18)10-6-4-5-7-11(10)15(17)19/h4-8H,3H2,1-2H3. The molecule has 0 aliphatic carbocycles. The number of hydroxylamine groups is 2. The summed E-state index contributed by atoms with van der Waals surface area (Å²) in [5, 5.41) is 0.495. The van der Waals surface area contributed by atoms with Crippen molar-refractivity contribution in [2.24, 2.45) is 0 Å². The molecule has 1 aromatic carbocycles.